The molecule has 0 spiro atoms. The van der Waals surface area contributed by atoms with Crippen LogP contribution in [0.1, 0.15) is 20.9 Å². The van der Waals surface area contributed by atoms with E-state index >= 15 is 0 Å². The van der Waals surface area contributed by atoms with Gasteiger partial charge in [-0.3, -0.25) is 4.79 Å². The summed E-state index contributed by atoms with van der Waals surface area (Å²) in [6.45, 7) is 1.91. The molecule has 2 aromatic rings. The van der Waals surface area contributed by atoms with E-state index in [9.17, 15) is 9.18 Å². The number of nitrogens with one attached hydrogen (secondary N) is 1. The second-order valence-electron chi connectivity index (χ2n) is 3.92. The molecule has 6 heteroatoms. The third-order valence-corrected chi connectivity index (χ3v) is 3.43. The number of nitrogens with zero attached hydrogens (tertiary/aromatic N) is 1. The summed E-state index contributed by atoms with van der Waals surface area (Å²) in [5, 5.41) is 2.69. The molecular weight excluding hydrogens is 277 g/mol. The first-order valence-electron chi connectivity index (χ1n) is 5.81. The van der Waals surface area contributed by atoms with Gasteiger partial charge in [-0.1, -0.05) is 11.8 Å². The molecule has 0 bridgehead atoms. The van der Waals surface area contributed by atoms with Crippen molar-refractivity contribution in [2.75, 3.05) is 11.9 Å². The summed E-state index contributed by atoms with van der Waals surface area (Å²) < 4.78 is 13.5. The molecule has 1 heterocycles. The van der Waals surface area contributed by atoms with Crippen LogP contribution in [0.15, 0.2) is 23.7 Å². The third kappa shape index (κ3) is 3.20. The Morgan fingerprint density at radius 2 is 2.35 bits per heavy atom. The second-order valence-corrected chi connectivity index (χ2v) is 4.78. The molecule has 0 radical (unpaired) electrons. The van der Waals surface area contributed by atoms with Gasteiger partial charge in [0.1, 0.15) is 10.7 Å². The molecule has 0 saturated heterocycles. The molecular formula is C14H12FN3OS. The molecule has 1 aromatic heterocycles. The highest BCUT2D eigenvalue weighted by molar-refractivity contribution is 7.12. The zero-order valence-electron chi connectivity index (χ0n) is 10.7. The summed E-state index contributed by atoms with van der Waals surface area (Å²) in [6, 6.07) is 4.22. The second kappa shape index (κ2) is 6.28. The molecule has 0 aliphatic carbocycles. The maximum atomic E-state index is 13.5. The van der Waals surface area contributed by atoms with Gasteiger partial charge in [-0.2, -0.15) is 0 Å². The normalized spacial score (nSPS) is 9.75. The summed E-state index contributed by atoms with van der Waals surface area (Å²) in [5.41, 5.74) is 8.20. The number of carbonyl (C=O) groups is 1. The Hall–Kier alpha value is -2.23. The van der Waals surface area contributed by atoms with E-state index in [0.29, 0.717) is 16.3 Å². The Kier molecular flexibility index (Phi) is 4.45. The predicted octanol–water partition coefficient (Wildman–Crippen LogP) is 2.15. The molecule has 0 unspecified atom stereocenters. The van der Waals surface area contributed by atoms with Crippen LogP contribution in [-0.2, 0) is 0 Å². The number of anilines is 1. The lowest BCUT2D eigenvalue weighted by Crippen LogP contribution is -2.11. The summed E-state index contributed by atoms with van der Waals surface area (Å²) in [4.78, 5) is 16.6. The third-order valence-electron chi connectivity index (χ3n) is 2.50. The maximum Gasteiger partial charge on any atom is 0.267 e. The van der Waals surface area contributed by atoms with Crippen molar-refractivity contribution in [3.05, 3.63) is 45.7 Å². The Morgan fingerprint density at radius 1 is 1.55 bits per heavy atom. The smallest absolute Gasteiger partial charge is 0.267 e. The van der Waals surface area contributed by atoms with E-state index in [1.54, 1.807) is 12.4 Å². The molecule has 3 N–H and O–H groups in total. The highest BCUT2D eigenvalue weighted by Crippen LogP contribution is 2.18. The summed E-state index contributed by atoms with van der Waals surface area (Å²) in [7, 11) is 0. The number of hydrogen-bond donors (Lipinski definition) is 2. The van der Waals surface area contributed by atoms with Gasteiger partial charge >= 0.3 is 0 Å². The van der Waals surface area contributed by atoms with Crippen LogP contribution >= 0.6 is 11.3 Å². The largest absolute Gasteiger partial charge is 0.321 e. The van der Waals surface area contributed by atoms with Crippen LogP contribution in [0.2, 0.25) is 0 Å². The van der Waals surface area contributed by atoms with Crippen molar-refractivity contribution >= 4 is 22.9 Å². The predicted molar refractivity (Wildman–Crippen MR) is 77.1 cm³/mol. The molecule has 0 atom stereocenters. The lowest BCUT2D eigenvalue weighted by atomic mass is 10.2. The number of aryl methyl sites for hydroxylation is 1. The van der Waals surface area contributed by atoms with E-state index in [1.165, 1.54) is 29.5 Å². The molecule has 0 fully saturated rings. The number of hydrogen-bond acceptors (Lipinski definition) is 4. The van der Waals surface area contributed by atoms with Crippen molar-refractivity contribution in [3.63, 3.8) is 0 Å². The van der Waals surface area contributed by atoms with Crippen LogP contribution in [0.5, 0.6) is 0 Å². The fourth-order valence-corrected chi connectivity index (χ4v) is 2.25. The van der Waals surface area contributed by atoms with Gasteiger partial charge in [0.15, 0.2) is 0 Å². The lowest BCUT2D eigenvalue weighted by molar-refractivity contribution is 0.103. The molecule has 0 saturated carbocycles. The molecule has 2 rings (SSSR count). The molecule has 1 aromatic carbocycles. The molecule has 4 nitrogen and oxygen atoms in total. The maximum absolute atomic E-state index is 13.5. The van der Waals surface area contributed by atoms with Gasteiger partial charge in [-0.15, -0.1) is 11.3 Å². The van der Waals surface area contributed by atoms with E-state index < -0.39 is 5.82 Å². The van der Waals surface area contributed by atoms with Crippen LogP contribution in [0, 0.1) is 24.6 Å². The molecule has 1 amide bonds. The van der Waals surface area contributed by atoms with Gasteiger partial charge in [-0.05, 0) is 25.1 Å². The molecule has 0 aliphatic heterocycles. The van der Waals surface area contributed by atoms with Crippen molar-refractivity contribution in [3.8, 4) is 11.8 Å². The number of nitrogens with two attached hydrogens (primary N) is 1. The zero-order valence-corrected chi connectivity index (χ0v) is 11.6. The minimum absolute atomic E-state index is 0.149. The average Bonchev–Trinajstić information content (AvgIpc) is 2.85. The van der Waals surface area contributed by atoms with Crippen molar-refractivity contribution < 1.29 is 9.18 Å². The van der Waals surface area contributed by atoms with Gasteiger partial charge in [0.2, 0.25) is 0 Å². The van der Waals surface area contributed by atoms with Gasteiger partial charge in [-0.25, -0.2) is 9.37 Å². The standard InChI is InChI=1S/C14H12FN3OS/c1-9-13(20-8-17-9)14(19)18-11-4-5-12(15)10(7-11)3-2-6-16/h4-5,7-8H,6,16H2,1H3,(H,18,19). The Bertz CT molecular complexity index is 700. The van der Waals surface area contributed by atoms with Crippen LogP contribution in [0.4, 0.5) is 10.1 Å². The topological polar surface area (TPSA) is 68.0 Å². The van der Waals surface area contributed by atoms with E-state index in [-0.39, 0.29) is 18.0 Å². The Morgan fingerprint density at radius 3 is 3.00 bits per heavy atom. The van der Waals surface area contributed by atoms with E-state index in [0.717, 1.165) is 0 Å². The summed E-state index contributed by atoms with van der Waals surface area (Å²) in [6.07, 6.45) is 0. The van der Waals surface area contributed by atoms with E-state index in [4.69, 9.17) is 5.73 Å². The highest BCUT2D eigenvalue weighted by Gasteiger charge is 2.12. The van der Waals surface area contributed by atoms with Crippen LogP contribution in [0.3, 0.4) is 0 Å². The molecule has 20 heavy (non-hydrogen) atoms. The SMILES string of the molecule is Cc1ncsc1C(=O)Nc1ccc(F)c(C#CCN)c1. The lowest BCUT2D eigenvalue weighted by Gasteiger charge is -2.05. The van der Waals surface area contributed by atoms with Crippen molar-refractivity contribution in [1.29, 1.82) is 0 Å². The molecule has 0 aliphatic rings. The van der Waals surface area contributed by atoms with E-state index in [2.05, 4.69) is 22.1 Å². The molecule has 102 valence electrons. The first-order valence-corrected chi connectivity index (χ1v) is 6.69. The fourth-order valence-electron chi connectivity index (χ4n) is 1.55. The van der Waals surface area contributed by atoms with Gasteiger partial charge in [0.25, 0.3) is 5.91 Å². The summed E-state index contributed by atoms with van der Waals surface area (Å²) >= 11 is 1.26. The van der Waals surface area contributed by atoms with Crippen molar-refractivity contribution in [1.82, 2.24) is 4.98 Å². The number of thiazole rings is 1. The first-order chi connectivity index (χ1) is 9.61. The monoisotopic (exact) mass is 289 g/mol. The Labute approximate surface area is 119 Å². The number of benzene rings is 1. The number of rotatable bonds is 2. The Balaban J connectivity index is 2.22. The van der Waals surface area contributed by atoms with Gasteiger partial charge in [0, 0.05) is 5.69 Å². The number of aromatic nitrogens is 1. The van der Waals surface area contributed by atoms with Gasteiger partial charge in [0.05, 0.1) is 23.3 Å². The number of halogens is 1. The van der Waals surface area contributed by atoms with Crippen LogP contribution in [-0.4, -0.2) is 17.4 Å². The zero-order chi connectivity index (χ0) is 14.5. The van der Waals surface area contributed by atoms with Crippen LogP contribution < -0.4 is 11.1 Å². The minimum atomic E-state index is -0.446. The number of carbonyl (C=O) groups excluding carboxylic acids is 1. The fraction of sp³-hybridized carbons (Fsp3) is 0.143. The van der Waals surface area contributed by atoms with Crippen LogP contribution in [0.25, 0.3) is 0 Å². The highest BCUT2D eigenvalue weighted by atomic mass is 32.1. The first kappa shape index (κ1) is 14.2. The number of amides is 1. The quantitative estimate of drug-likeness (QED) is 0.832. The average molecular weight is 289 g/mol. The van der Waals surface area contributed by atoms with Gasteiger partial charge < -0.3 is 11.1 Å². The van der Waals surface area contributed by atoms with Crippen molar-refractivity contribution in [2.24, 2.45) is 5.73 Å². The van der Waals surface area contributed by atoms with E-state index in [1.807, 2.05) is 0 Å². The summed E-state index contributed by atoms with van der Waals surface area (Å²) in [5.74, 6) is 4.49. The van der Waals surface area contributed by atoms with Crippen molar-refractivity contribution in [2.45, 2.75) is 6.92 Å². The minimum Gasteiger partial charge on any atom is -0.321 e.